The predicted octanol–water partition coefficient (Wildman–Crippen LogP) is 6.30. The van der Waals surface area contributed by atoms with Gasteiger partial charge in [0, 0.05) is 70.6 Å². The summed E-state index contributed by atoms with van der Waals surface area (Å²) in [6, 6.07) is 23.7. The highest BCUT2D eigenvalue weighted by Crippen LogP contribution is 2.28. The van der Waals surface area contributed by atoms with Crippen LogP contribution in [0.25, 0.3) is 32.7 Å². The van der Waals surface area contributed by atoms with Crippen LogP contribution in [0.5, 0.6) is 0 Å². The molecule has 0 unspecified atom stereocenters. The SMILES string of the molecule is [CH2][C@@H](OC(=O)CCc1c[nH]c2ccccc12)[C@H]1OC[C@H](OC(=O)CCc2c[nH]c3ccccc23)[C@H]1OC(=O)CCc1c[nH]c2ccccc12. The molecule has 1 radical (unpaired) electrons. The maximum Gasteiger partial charge on any atom is 0.306 e. The first kappa shape index (κ1) is 32.2. The molecule has 1 fully saturated rings. The normalized spacial score (nSPS) is 18.2. The minimum absolute atomic E-state index is 0.0250. The van der Waals surface area contributed by atoms with E-state index in [4.69, 9.17) is 18.9 Å². The Morgan fingerprint density at radius 1 is 0.653 bits per heavy atom. The number of fused-ring (bicyclic) bond motifs is 3. The van der Waals surface area contributed by atoms with E-state index in [1.165, 1.54) is 0 Å². The van der Waals surface area contributed by atoms with E-state index >= 15 is 0 Å². The Hall–Kier alpha value is -5.35. The monoisotopic (exact) mass is 660 g/mol. The van der Waals surface area contributed by atoms with Crippen LogP contribution in [0, 0.1) is 6.92 Å². The Kier molecular flexibility index (Phi) is 9.47. The molecule has 4 atom stereocenters. The van der Waals surface area contributed by atoms with E-state index in [1.807, 2.05) is 91.4 Å². The zero-order valence-electron chi connectivity index (χ0n) is 27.0. The van der Waals surface area contributed by atoms with Gasteiger partial charge in [-0.3, -0.25) is 14.4 Å². The Morgan fingerprint density at radius 3 is 1.57 bits per heavy atom. The molecular formula is C39H38N3O7. The number of carbonyl (C=O) groups is 3. The largest absolute Gasteiger partial charge is 0.459 e. The summed E-state index contributed by atoms with van der Waals surface area (Å²) in [6.45, 7) is 4.01. The zero-order valence-corrected chi connectivity index (χ0v) is 27.0. The standard InChI is InChI=1S/C39H38N3O7/c1-24(47-35(43)17-14-25-20-40-31-11-5-2-8-28(25)31)38-39(49-37(45)19-16-27-22-42-33-13-7-4-10-30(27)33)34(23-46-38)48-36(44)18-15-26-21-41-32-12-6-3-9-29(26)32/h2-13,20-22,24,34,38-42H,1,14-19,23H2/t24-,34+,38-,39-/m1/s1. The molecule has 10 heteroatoms. The summed E-state index contributed by atoms with van der Waals surface area (Å²) in [5.41, 5.74) is 5.98. The smallest absolute Gasteiger partial charge is 0.306 e. The van der Waals surface area contributed by atoms with Crippen LogP contribution in [0.4, 0.5) is 0 Å². The number of rotatable bonds is 13. The van der Waals surface area contributed by atoms with Gasteiger partial charge in [-0.1, -0.05) is 54.6 Å². The number of H-pyrrole nitrogens is 3. The number of carbonyl (C=O) groups excluding carboxylic acids is 3. The first-order valence-corrected chi connectivity index (χ1v) is 16.6. The maximum atomic E-state index is 13.2. The third-order valence-electron chi connectivity index (χ3n) is 9.16. The molecule has 4 heterocycles. The van der Waals surface area contributed by atoms with Crippen LogP contribution in [0.1, 0.15) is 36.0 Å². The van der Waals surface area contributed by atoms with Crippen molar-refractivity contribution in [3.8, 4) is 0 Å². The molecule has 6 aromatic rings. The molecule has 49 heavy (non-hydrogen) atoms. The van der Waals surface area contributed by atoms with Crippen molar-refractivity contribution in [2.45, 2.75) is 62.9 Å². The van der Waals surface area contributed by atoms with Crippen LogP contribution in [0.15, 0.2) is 91.4 Å². The fourth-order valence-electron chi connectivity index (χ4n) is 6.63. The Labute approximate surface area is 283 Å². The van der Waals surface area contributed by atoms with Crippen LogP contribution >= 0.6 is 0 Å². The number of aromatic amines is 3. The summed E-state index contributed by atoms with van der Waals surface area (Å²) in [5, 5.41) is 3.14. The van der Waals surface area contributed by atoms with Crippen molar-refractivity contribution in [1.29, 1.82) is 0 Å². The Morgan fingerprint density at radius 2 is 1.08 bits per heavy atom. The van der Waals surface area contributed by atoms with E-state index in [9.17, 15) is 14.4 Å². The number of para-hydroxylation sites is 3. The van der Waals surface area contributed by atoms with Gasteiger partial charge in [0.2, 0.25) is 0 Å². The Balaban J connectivity index is 0.992. The first-order valence-electron chi connectivity index (χ1n) is 16.6. The summed E-state index contributed by atoms with van der Waals surface area (Å²) in [4.78, 5) is 48.9. The number of ether oxygens (including phenoxy) is 4. The number of aromatic nitrogens is 3. The summed E-state index contributed by atoms with van der Waals surface area (Å²) < 4.78 is 23.4. The van der Waals surface area contributed by atoms with Crippen molar-refractivity contribution in [1.82, 2.24) is 15.0 Å². The third-order valence-corrected chi connectivity index (χ3v) is 9.16. The van der Waals surface area contributed by atoms with Crippen molar-refractivity contribution >= 4 is 50.6 Å². The van der Waals surface area contributed by atoms with Gasteiger partial charge in [0.25, 0.3) is 0 Å². The zero-order chi connectivity index (χ0) is 33.7. The minimum Gasteiger partial charge on any atom is -0.459 e. The summed E-state index contributed by atoms with van der Waals surface area (Å²) in [5.74, 6) is -1.39. The molecule has 3 aromatic carbocycles. The fraction of sp³-hybridized carbons (Fsp3) is 0.282. The van der Waals surface area contributed by atoms with Gasteiger partial charge < -0.3 is 33.9 Å². The van der Waals surface area contributed by atoms with E-state index in [2.05, 4.69) is 21.9 Å². The van der Waals surface area contributed by atoms with Crippen molar-refractivity contribution < 1.29 is 33.3 Å². The molecule has 7 rings (SSSR count). The number of nitrogens with one attached hydrogen (secondary N) is 3. The van der Waals surface area contributed by atoms with E-state index < -0.39 is 42.3 Å². The van der Waals surface area contributed by atoms with Crippen molar-refractivity contribution in [2.24, 2.45) is 0 Å². The lowest BCUT2D eigenvalue weighted by Crippen LogP contribution is -2.44. The number of esters is 3. The van der Waals surface area contributed by atoms with Gasteiger partial charge >= 0.3 is 17.9 Å². The van der Waals surface area contributed by atoms with Crippen LogP contribution in [-0.4, -0.2) is 63.9 Å². The molecular weight excluding hydrogens is 622 g/mol. The average molecular weight is 661 g/mol. The molecule has 3 aromatic heterocycles. The predicted molar refractivity (Wildman–Crippen MR) is 185 cm³/mol. The van der Waals surface area contributed by atoms with Crippen molar-refractivity contribution in [3.05, 3.63) is 115 Å². The quantitative estimate of drug-likeness (QED) is 0.0978. The summed E-state index contributed by atoms with van der Waals surface area (Å²) in [6.07, 6.45) is 3.62. The van der Waals surface area contributed by atoms with Crippen LogP contribution in [0.3, 0.4) is 0 Å². The molecule has 0 bridgehead atoms. The lowest BCUT2D eigenvalue weighted by Gasteiger charge is -2.27. The lowest BCUT2D eigenvalue weighted by atomic mass is 10.1. The fourth-order valence-corrected chi connectivity index (χ4v) is 6.63. The van der Waals surface area contributed by atoms with Crippen molar-refractivity contribution in [2.75, 3.05) is 6.61 Å². The highest BCUT2D eigenvalue weighted by molar-refractivity contribution is 5.85. The molecule has 1 aliphatic rings. The highest BCUT2D eigenvalue weighted by atomic mass is 16.6. The Bertz CT molecular complexity index is 2090. The second-order valence-electron chi connectivity index (χ2n) is 12.4. The summed E-state index contributed by atoms with van der Waals surface area (Å²) in [7, 11) is 0. The van der Waals surface area contributed by atoms with Gasteiger partial charge in [-0.15, -0.1) is 0 Å². The maximum absolute atomic E-state index is 13.2. The number of benzene rings is 3. The van der Waals surface area contributed by atoms with Crippen molar-refractivity contribution in [3.63, 3.8) is 0 Å². The van der Waals surface area contributed by atoms with E-state index in [0.717, 1.165) is 49.4 Å². The first-order chi connectivity index (χ1) is 23.9. The molecule has 0 amide bonds. The van der Waals surface area contributed by atoms with Gasteiger partial charge in [-0.05, 0) is 61.1 Å². The topological polar surface area (TPSA) is 136 Å². The van der Waals surface area contributed by atoms with Crippen LogP contribution < -0.4 is 0 Å². The number of hydrogen-bond donors (Lipinski definition) is 3. The number of aryl methyl sites for hydroxylation is 3. The molecule has 0 saturated carbocycles. The van der Waals surface area contributed by atoms with Crippen LogP contribution in [0.2, 0.25) is 0 Å². The second-order valence-corrected chi connectivity index (χ2v) is 12.4. The molecule has 10 nitrogen and oxygen atoms in total. The molecule has 0 spiro atoms. The molecule has 1 aliphatic heterocycles. The molecule has 0 aliphatic carbocycles. The average Bonchev–Trinajstić information content (AvgIpc) is 3.91. The third kappa shape index (κ3) is 7.24. The van der Waals surface area contributed by atoms with Gasteiger partial charge in [-0.2, -0.15) is 0 Å². The van der Waals surface area contributed by atoms with E-state index in [-0.39, 0.29) is 25.9 Å². The molecule has 3 N–H and O–H groups in total. The minimum atomic E-state index is -1.00. The lowest BCUT2D eigenvalue weighted by molar-refractivity contribution is -0.170. The summed E-state index contributed by atoms with van der Waals surface area (Å²) >= 11 is 0. The second kappa shape index (κ2) is 14.4. The van der Waals surface area contributed by atoms with Crippen LogP contribution in [-0.2, 0) is 52.6 Å². The molecule has 1 saturated heterocycles. The highest BCUT2D eigenvalue weighted by Gasteiger charge is 2.46. The van der Waals surface area contributed by atoms with E-state index in [0.29, 0.717) is 19.3 Å². The van der Waals surface area contributed by atoms with Gasteiger partial charge in [-0.25, -0.2) is 0 Å². The van der Waals surface area contributed by atoms with Gasteiger partial charge in [0.1, 0.15) is 12.2 Å². The van der Waals surface area contributed by atoms with E-state index in [1.54, 1.807) is 0 Å². The van der Waals surface area contributed by atoms with Gasteiger partial charge in [0.15, 0.2) is 12.2 Å². The van der Waals surface area contributed by atoms with Gasteiger partial charge in [0.05, 0.1) is 6.61 Å². The number of hydrogen-bond acceptors (Lipinski definition) is 7. The molecule has 251 valence electrons.